The van der Waals surface area contributed by atoms with Gasteiger partial charge in [-0.05, 0) is 26.2 Å². The molecule has 3 rings (SSSR count). The Labute approximate surface area is 111 Å². The number of imidazole rings is 1. The van der Waals surface area contributed by atoms with Crippen LogP contribution in [0.3, 0.4) is 0 Å². The normalized spacial score (nSPS) is 20.2. The molecule has 0 N–H and O–H groups in total. The first-order valence-corrected chi connectivity index (χ1v) is 7.26. The van der Waals surface area contributed by atoms with E-state index in [9.17, 15) is 0 Å². The molecule has 3 heterocycles. The maximum atomic E-state index is 5.79. The summed E-state index contributed by atoms with van der Waals surface area (Å²) in [6.45, 7) is 3.82. The Morgan fingerprint density at radius 1 is 1.44 bits per heavy atom. The van der Waals surface area contributed by atoms with Crippen molar-refractivity contribution < 1.29 is 4.74 Å². The summed E-state index contributed by atoms with van der Waals surface area (Å²) in [6, 6.07) is 0. The van der Waals surface area contributed by atoms with Gasteiger partial charge in [-0.1, -0.05) is 0 Å². The molecule has 5 heteroatoms. The predicted octanol–water partition coefficient (Wildman–Crippen LogP) is 2.88. The van der Waals surface area contributed by atoms with Gasteiger partial charge in [-0.25, -0.2) is 9.97 Å². The molecular formula is C13H17N3OS. The van der Waals surface area contributed by atoms with Crippen molar-refractivity contribution >= 4 is 11.3 Å². The fourth-order valence-corrected chi connectivity index (χ4v) is 3.17. The van der Waals surface area contributed by atoms with Crippen LogP contribution in [-0.4, -0.2) is 27.2 Å². The van der Waals surface area contributed by atoms with Crippen LogP contribution in [0.2, 0.25) is 0 Å². The van der Waals surface area contributed by atoms with E-state index in [1.165, 1.54) is 12.8 Å². The van der Waals surface area contributed by atoms with Gasteiger partial charge in [-0.3, -0.25) is 0 Å². The van der Waals surface area contributed by atoms with E-state index in [1.807, 2.05) is 24.8 Å². The van der Waals surface area contributed by atoms with E-state index in [-0.39, 0.29) is 0 Å². The fourth-order valence-electron chi connectivity index (χ4n) is 2.35. The van der Waals surface area contributed by atoms with Crippen LogP contribution >= 0.6 is 11.3 Å². The molecule has 1 saturated heterocycles. The molecule has 1 fully saturated rings. The van der Waals surface area contributed by atoms with Crippen molar-refractivity contribution in [2.45, 2.75) is 38.8 Å². The van der Waals surface area contributed by atoms with Gasteiger partial charge in [-0.15, -0.1) is 11.3 Å². The summed E-state index contributed by atoms with van der Waals surface area (Å²) in [5.41, 5.74) is 2.93. The van der Waals surface area contributed by atoms with Crippen LogP contribution < -0.4 is 0 Å². The summed E-state index contributed by atoms with van der Waals surface area (Å²) in [7, 11) is 0. The average Bonchev–Trinajstić information content (AvgIpc) is 2.99. The van der Waals surface area contributed by atoms with Gasteiger partial charge >= 0.3 is 0 Å². The van der Waals surface area contributed by atoms with E-state index in [2.05, 4.69) is 14.5 Å². The highest BCUT2D eigenvalue weighted by atomic mass is 32.1. The molecule has 1 aliphatic rings. The highest BCUT2D eigenvalue weighted by molar-refractivity contribution is 7.13. The molecule has 96 valence electrons. The van der Waals surface area contributed by atoms with Crippen molar-refractivity contribution in [3.63, 3.8) is 0 Å². The van der Waals surface area contributed by atoms with Gasteiger partial charge in [0.15, 0.2) is 5.82 Å². The molecule has 1 aliphatic heterocycles. The predicted molar refractivity (Wildman–Crippen MR) is 71.7 cm³/mol. The first-order chi connectivity index (χ1) is 8.84. The third-order valence-electron chi connectivity index (χ3n) is 3.34. The molecule has 0 aliphatic carbocycles. The monoisotopic (exact) mass is 263 g/mol. The minimum absolute atomic E-state index is 0.333. The van der Waals surface area contributed by atoms with Gasteiger partial charge in [0, 0.05) is 19.0 Å². The van der Waals surface area contributed by atoms with Crippen molar-refractivity contribution in [3.05, 3.63) is 23.6 Å². The quantitative estimate of drug-likeness (QED) is 0.855. The third-order valence-corrected chi connectivity index (χ3v) is 4.26. The SMILES string of the molecule is Cc1ncsc1-c1nccn1CC1CCCCO1. The lowest BCUT2D eigenvalue weighted by Crippen LogP contribution is -2.24. The third kappa shape index (κ3) is 2.33. The number of thiazole rings is 1. The lowest BCUT2D eigenvalue weighted by Gasteiger charge is -2.23. The number of aryl methyl sites for hydroxylation is 1. The largest absolute Gasteiger partial charge is 0.376 e. The number of nitrogens with zero attached hydrogens (tertiary/aromatic N) is 3. The summed E-state index contributed by atoms with van der Waals surface area (Å²) < 4.78 is 7.98. The zero-order valence-corrected chi connectivity index (χ0v) is 11.3. The molecule has 4 nitrogen and oxygen atoms in total. The van der Waals surface area contributed by atoms with E-state index in [0.29, 0.717) is 6.10 Å². The Bertz CT molecular complexity index is 514. The maximum absolute atomic E-state index is 5.79. The minimum atomic E-state index is 0.333. The Kier molecular flexibility index (Phi) is 3.43. The number of ether oxygens (including phenoxy) is 1. The second-order valence-electron chi connectivity index (χ2n) is 4.66. The van der Waals surface area contributed by atoms with Crippen LogP contribution in [0.1, 0.15) is 25.0 Å². The Morgan fingerprint density at radius 2 is 2.39 bits per heavy atom. The lowest BCUT2D eigenvalue weighted by atomic mass is 10.1. The molecule has 1 atom stereocenters. The first kappa shape index (κ1) is 11.9. The average molecular weight is 263 g/mol. The second kappa shape index (κ2) is 5.20. The summed E-state index contributed by atoms with van der Waals surface area (Å²) in [6.07, 6.45) is 7.85. The van der Waals surface area contributed by atoms with Crippen molar-refractivity contribution in [1.82, 2.24) is 14.5 Å². The van der Waals surface area contributed by atoms with E-state index in [4.69, 9.17) is 4.74 Å². The molecule has 0 bridgehead atoms. The second-order valence-corrected chi connectivity index (χ2v) is 5.51. The summed E-state index contributed by atoms with van der Waals surface area (Å²) in [5, 5.41) is 0. The highest BCUT2D eigenvalue weighted by Gasteiger charge is 2.17. The van der Waals surface area contributed by atoms with Gasteiger partial charge in [0.1, 0.15) is 0 Å². The zero-order valence-electron chi connectivity index (χ0n) is 10.5. The zero-order chi connectivity index (χ0) is 12.4. The van der Waals surface area contributed by atoms with Crippen molar-refractivity contribution in [3.8, 4) is 10.7 Å². The van der Waals surface area contributed by atoms with Gasteiger partial charge in [0.25, 0.3) is 0 Å². The summed E-state index contributed by atoms with van der Waals surface area (Å²) >= 11 is 1.65. The van der Waals surface area contributed by atoms with Gasteiger partial charge in [0.2, 0.25) is 0 Å². The molecular weight excluding hydrogens is 246 g/mol. The van der Waals surface area contributed by atoms with Crippen LogP contribution in [0.5, 0.6) is 0 Å². The Hall–Kier alpha value is -1.20. The fraction of sp³-hybridized carbons (Fsp3) is 0.538. The van der Waals surface area contributed by atoms with Crippen LogP contribution in [0.15, 0.2) is 17.9 Å². The molecule has 0 saturated carbocycles. The molecule has 2 aromatic rings. The smallest absolute Gasteiger partial charge is 0.152 e. The van der Waals surface area contributed by atoms with Gasteiger partial charge in [-0.2, -0.15) is 0 Å². The minimum Gasteiger partial charge on any atom is -0.376 e. The van der Waals surface area contributed by atoms with Gasteiger partial charge < -0.3 is 9.30 Å². The molecule has 0 aromatic carbocycles. The Balaban J connectivity index is 1.81. The number of hydrogen-bond donors (Lipinski definition) is 0. The van der Waals surface area contributed by atoms with Crippen LogP contribution in [0, 0.1) is 6.92 Å². The van der Waals surface area contributed by atoms with E-state index in [1.54, 1.807) is 11.3 Å². The molecule has 0 radical (unpaired) electrons. The number of hydrogen-bond acceptors (Lipinski definition) is 4. The van der Waals surface area contributed by atoms with Crippen molar-refractivity contribution in [2.24, 2.45) is 0 Å². The molecule has 1 unspecified atom stereocenters. The lowest BCUT2D eigenvalue weighted by molar-refractivity contribution is 0.00625. The molecule has 18 heavy (non-hydrogen) atoms. The highest BCUT2D eigenvalue weighted by Crippen LogP contribution is 2.26. The van der Waals surface area contributed by atoms with Crippen LogP contribution in [0.25, 0.3) is 10.7 Å². The van der Waals surface area contributed by atoms with E-state index < -0.39 is 0 Å². The number of rotatable bonds is 3. The topological polar surface area (TPSA) is 39.9 Å². The van der Waals surface area contributed by atoms with Crippen molar-refractivity contribution in [1.29, 1.82) is 0 Å². The first-order valence-electron chi connectivity index (χ1n) is 6.38. The van der Waals surface area contributed by atoms with Gasteiger partial charge in [0.05, 0.1) is 28.7 Å². The molecule has 0 spiro atoms. The number of aromatic nitrogens is 3. The summed E-state index contributed by atoms with van der Waals surface area (Å²) in [4.78, 5) is 9.92. The maximum Gasteiger partial charge on any atom is 0.152 e. The molecule has 2 aromatic heterocycles. The van der Waals surface area contributed by atoms with Crippen LogP contribution in [-0.2, 0) is 11.3 Å². The standard InChI is InChI=1S/C13H17N3OS/c1-10-12(18-9-15-10)13-14-5-6-16(13)8-11-4-2-3-7-17-11/h5-6,9,11H,2-4,7-8H2,1H3. The van der Waals surface area contributed by atoms with Crippen molar-refractivity contribution in [2.75, 3.05) is 6.61 Å². The van der Waals surface area contributed by atoms with Crippen LogP contribution in [0.4, 0.5) is 0 Å². The molecule has 0 amide bonds. The Morgan fingerprint density at radius 3 is 3.11 bits per heavy atom. The van der Waals surface area contributed by atoms with E-state index >= 15 is 0 Å². The van der Waals surface area contributed by atoms with E-state index in [0.717, 1.165) is 36.0 Å². The summed E-state index contributed by atoms with van der Waals surface area (Å²) in [5.74, 6) is 1.02.